The highest BCUT2D eigenvalue weighted by Crippen LogP contribution is 2.46. The van der Waals surface area contributed by atoms with Crippen molar-refractivity contribution in [3.63, 3.8) is 0 Å². The number of ether oxygens (including phenoxy) is 1. The van der Waals surface area contributed by atoms with Gasteiger partial charge in [-0.3, -0.25) is 4.79 Å². The standard InChI is InChI=1S/C27H25F2N3O2S/c1-2-34-24(33)15-22-16-35-27(30-22)32-26(18-8-12-21(29)13-9-18)23-5-3-4-19(25(23)31-32)14-17-6-10-20(28)11-7-17/h6-14,16,23,26H,2-5,15H2,1H3/b19-14-/t23-,26+/m1/s1. The van der Waals surface area contributed by atoms with Crippen LogP contribution in [0.2, 0.25) is 0 Å². The average Bonchev–Trinajstić information content (AvgIpc) is 3.46. The maximum Gasteiger partial charge on any atom is 0.311 e. The number of aromatic nitrogens is 1. The van der Waals surface area contributed by atoms with E-state index in [1.807, 2.05) is 10.4 Å². The Bertz CT molecular complexity index is 1270. The second-order valence-corrected chi connectivity index (χ2v) is 9.49. The normalized spacial score (nSPS) is 20.6. The number of thiazole rings is 1. The zero-order valence-corrected chi connectivity index (χ0v) is 20.1. The predicted octanol–water partition coefficient (Wildman–Crippen LogP) is 6.33. The fraction of sp³-hybridized carbons (Fsp3) is 0.296. The molecular weight excluding hydrogens is 468 g/mol. The minimum atomic E-state index is -0.314. The molecule has 0 N–H and O–H groups in total. The Labute approximate surface area is 206 Å². The number of hydrogen-bond acceptors (Lipinski definition) is 6. The SMILES string of the molecule is CCOC(=O)Cc1csc(N2N=C3/C(=C\c4ccc(F)cc4)CCC[C@H]3[C@@H]2c2ccc(F)cc2)n1. The molecule has 2 aromatic carbocycles. The van der Waals surface area contributed by atoms with Gasteiger partial charge in [0.1, 0.15) is 11.6 Å². The number of hydrogen-bond donors (Lipinski definition) is 0. The summed E-state index contributed by atoms with van der Waals surface area (Å²) in [7, 11) is 0. The molecule has 1 aromatic heterocycles. The summed E-state index contributed by atoms with van der Waals surface area (Å²) < 4.78 is 32.2. The van der Waals surface area contributed by atoms with Crippen LogP contribution in [0.25, 0.3) is 6.08 Å². The van der Waals surface area contributed by atoms with Crippen LogP contribution < -0.4 is 5.01 Å². The molecule has 5 rings (SSSR count). The molecule has 0 spiro atoms. The van der Waals surface area contributed by atoms with Crippen molar-refractivity contribution in [3.05, 3.63) is 87.9 Å². The number of allylic oxidation sites excluding steroid dienone is 1. The lowest BCUT2D eigenvalue weighted by atomic mass is 9.77. The third-order valence-electron chi connectivity index (χ3n) is 6.29. The molecule has 0 saturated heterocycles. The number of carbonyl (C=O) groups excluding carboxylic acids is 1. The third kappa shape index (κ3) is 5.03. The molecule has 1 aliphatic carbocycles. The maximum atomic E-state index is 13.7. The van der Waals surface area contributed by atoms with Crippen LogP contribution >= 0.6 is 11.3 Å². The van der Waals surface area contributed by atoms with Crippen LogP contribution in [-0.2, 0) is 16.0 Å². The first-order valence-electron chi connectivity index (χ1n) is 11.7. The van der Waals surface area contributed by atoms with Crippen LogP contribution in [0, 0.1) is 17.6 Å². The number of carbonyl (C=O) groups is 1. The average molecular weight is 494 g/mol. The summed E-state index contributed by atoms with van der Waals surface area (Å²) in [5.74, 6) is -0.758. The number of benzene rings is 2. The Balaban J connectivity index is 1.52. The number of fused-ring (bicyclic) bond motifs is 1. The lowest BCUT2D eigenvalue weighted by Crippen LogP contribution is -2.28. The van der Waals surface area contributed by atoms with Gasteiger partial charge in [0.05, 0.1) is 30.5 Å². The van der Waals surface area contributed by atoms with Crippen molar-refractivity contribution in [2.45, 2.75) is 38.6 Å². The summed E-state index contributed by atoms with van der Waals surface area (Å²) in [6, 6.07) is 12.8. The van der Waals surface area contributed by atoms with Gasteiger partial charge in [0.2, 0.25) is 5.13 Å². The molecule has 0 unspecified atom stereocenters. The smallest absolute Gasteiger partial charge is 0.311 e. The zero-order valence-electron chi connectivity index (χ0n) is 19.3. The zero-order chi connectivity index (χ0) is 24.4. The first kappa shape index (κ1) is 23.4. The van der Waals surface area contributed by atoms with Gasteiger partial charge in [0.15, 0.2) is 0 Å². The van der Waals surface area contributed by atoms with E-state index in [4.69, 9.17) is 9.84 Å². The number of esters is 1. The number of anilines is 1. The molecule has 35 heavy (non-hydrogen) atoms. The lowest BCUT2D eigenvalue weighted by Gasteiger charge is -2.29. The highest BCUT2D eigenvalue weighted by Gasteiger charge is 2.42. The number of nitrogens with zero attached hydrogens (tertiary/aromatic N) is 3. The van der Waals surface area contributed by atoms with Crippen molar-refractivity contribution in [1.82, 2.24) is 4.98 Å². The van der Waals surface area contributed by atoms with E-state index in [1.54, 1.807) is 31.2 Å². The molecule has 8 heteroatoms. The van der Waals surface area contributed by atoms with Crippen molar-refractivity contribution < 1.29 is 18.3 Å². The van der Waals surface area contributed by atoms with Crippen LogP contribution in [0.1, 0.15) is 49.0 Å². The summed E-state index contributed by atoms with van der Waals surface area (Å²) in [6.45, 7) is 2.10. The Kier molecular flexibility index (Phi) is 6.72. The molecule has 2 heterocycles. The van der Waals surface area contributed by atoms with Crippen molar-refractivity contribution >= 4 is 34.2 Å². The quantitative estimate of drug-likeness (QED) is 0.377. The number of halogens is 2. The van der Waals surface area contributed by atoms with E-state index in [0.29, 0.717) is 17.4 Å². The van der Waals surface area contributed by atoms with Crippen molar-refractivity contribution in [2.75, 3.05) is 11.6 Å². The molecule has 3 aromatic rings. The number of hydrazone groups is 1. The molecule has 180 valence electrons. The van der Waals surface area contributed by atoms with E-state index in [1.165, 1.54) is 35.6 Å². The first-order chi connectivity index (χ1) is 17.0. The van der Waals surface area contributed by atoms with Gasteiger partial charge in [-0.05, 0) is 73.2 Å². The Morgan fingerprint density at radius 2 is 1.86 bits per heavy atom. The van der Waals surface area contributed by atoms with Gasteiger partial charge in [0, 0.05) is 11.3 Å². The predicted molar refractivity (Wildman–Crippen MR) is 133 cm³/mol. The molecule has 1 saturated carbocycles. The van der Waals surface area contributed by atoms with Gasteiger partial charge >= 0.3 is 5.97 Å². The largest absolute Gasteiger partial charge is 0.466 e. The van der Waals surface area contributed by atoms with E-state index in [0.717, 1.165) is 41.7 Å². The molecule has 5 nitrogen and oxygen atoms in total. The molecule has 2 atom stereocenters. The van der Waals surface area contributed by atoms with Crippen LogP contribution in [0.3, 0.4) is 0 Å². The van der Waals surface area contributed by atoms with E-state index in [2.05, 4.69) is 11.1 Å². The summed E-state index contributed by atoms with van der Waals surface area (Å²) in [6.07, 6.45) is 4.99. The summed E-state index contributed by atoms with van der Waals surface area (Å²) in [5.41, 5.74) is 4.62. The molecule has 1 aliphatic heterocycles. The minimum absolute atomic E-state index is 0.106. The van der Waals surface area contributed by atoms with Crippen molar-refractivity contribution in [3.8, 4) is 0 Å². The first-order valence-corrected chi connectivity index (χ1v) is 12.6. The van der Waals surface area contributed by atoms with E-state index >= 15 is 0 Å². The Hall–Kier alpha value is -3.39. The van der Waals surface area contributed by atoms with E-state index in [-0.39, 0.29) is 36.0 Å². The Morgan fingerprint density at radius 3 is 2.57 bits per heavy atom. The van der Waals surface area contributed by atoms with Gasteiger partial charge < -0.3 is 4.74 Å². The van der Waals surface area contributed by atoms with Gasteiger partial charge in [-0.2, -0.15) is 5.10 Å². The lowest BCUT2D eigenvalue weighted by molar-refractivity contribution is -0.142. The van der Waals surface area contributed by atoms with Crippen molar-refractivity contribution in [2.24, 2.45) is 11.0 Å². The molecule has 0 bridgehead atoms. The molecule has 1 fully saturated rings. The van der Waals surface area contributed by atoms with Crippen molar-refractivity contribution in [1.29, 1.82) is 0 Å². The van der Waals surface area contributed by atoms with Crippen LogP contribution in [0.15, 0.2) is 64.6 Å². The van der Waals surface area contributed by atoms with E-state index < -0.39 is 0 Å². The van der Waals surface area contributed by atoms with E-state index in [9.17, 15) is 13.6 Å². The summed E-state index contributed by atoms with van der Waals surface area (Å²) in [5, 5.41) is 9.48. The monoisotopic (exact) mass is 493 g/mol. The molecule has 0 amide bonds. The summed E-state index contributed by atoms with van der Waals surface area (Å²) in [4.78, 5) is 16.6. The van der Waals surface area contributed by atoms with Crippen LogP contribution in [0.5, 0.6) is 0 Å². The van der Waals surface area contributed by atoms with Gasteiger partial charge in [0.25, 0.3) is 0 Å². The van der Waals surface area contributed by atoms with Gasteiger partial charge in [-0.1, -0.05) is 24.3 Å². The third-order valence-corrected chi connectivity index (χ3v) is 7.17. The second-order valence-electron chi connectivity index (χ2n) is 8.65. The maximum absolute atomic E-state index is 13.7. The summed E-state index contributed by atoms with van der Waals surface area (Å²) >= 11 is 1.43. The van der Waals surface area contributed by atoms with Gasteiger partial charge in [-0.25, -0.2) is 18.8 Å². The fourth-order valence-corrected chi connectivity index (χ4v) is 5.56. The fourth-order valence-electron chi connectivity index (χ4n) is 4.75. The topological polar surface area (TPSA) is 54.8 Å². The Morgan fingerprint density at radius 1 is 1.14 bits per heavy atom. The molecule has 2 aliphatic rings. The minimum Gasteiger partial charge on any atom is -0.466 e. The number of rotatable bonds is 6. The second kappa shape index (κ2) is 10.1. The van der Waals surface area contributed by atoms with Crippen LogP contribution in [0.4, 0.5) is 13.9 Å². The van der Waals surface area contributed by atoms with Gasteiger partial charge in [-0.15, -0.1) is 11.3 Å². The highest BCUT2D eigenvalue weighted by atomic mass is 32.1. The highest BCUT2D eigenvalue weighted by molar-refractivity contribution is 7.13. The van der Waals surface area contributed by atoms with Crippen LogP contribution in [-0.4, -0.2) is 23.3 Å². The molecular formula is C27H25F2N3O2S. The molecule has 0 radical (unpaired) electrons.